The van der Waals surface area contributed by atoms with E-state index in [1.165, 1.54) is 39.4 Å². The molecule has 1 atom stereocenters. The Morgan fingerprint density at radius 1 is 1.15 bits per heavy atom. The number of rotatable bonds is 6. The van der Waals surface area contributed by atoms with E-state index in [0.717, 1.165) is 9.87 Å². The second kappa shape index (κ2) is 8.07. The third-order valence-electron chi connectivity index (χ3n) is 3.90. The molecule has 0 aliphatic heterocycles. The lowest BCUT2D eigenvalue weighted by molar-refractivity contribution is 0.0939. The van der Waals surface area contributed by atoms with Crippen LogP contribution in [0, 0.1) is 0 Å². The molecule has 2 rings (SSSR count). The molecule has 0 bridgehead atoms. The summed E-state index contributed by atoms with van der Waals surface area (Å²) in [4.78, 5) is 12.5. The molecule has 0 radical (unpaired) electrons. The van der Waals surface area contributed by atoms with Crippen molar-refractivity contribution in [2.75, 3.05) is 21.2 Å². The van der Waals surface area contributed by atoms with Crippen molar-refractivity contribution in [2.45, 2.75) is 17.9 Å². The van der Waals surface area contributed by atoms with Gasteiger partial charge < -0.3 is 10.1 Å². The standard InChI is InChI=1S/C18H21ClN2O4S/c1-12(13-5-8-15(19)9-6-13)20-18(22)14-7-10-16(25-4)17(11-14)26(23,24)21(2)3/h5-12H,1-4H3,(H,20,22)/t12-/m1/s1. The van der Waals surface area contributed by atoms with Gasteiger partial charge in [0.25, 0.3) is 5.91 Å². The van der Waals surface area contributed by atoms with E-state index in [1.807, 2.05) is 19.1 Å². The monoisotopic (exact) mass is 396 g/mol. The molecule has 0 aliphatic carbocycles. The molecule has 0 aliphatic rings. The zero-order valence-corrected chi connectivity index (χ0v) is 16.6. The van der Waals surface area contributed by atoms with Crippen LogP contribution in [-0.2, 0) is 10.0 Å². The number of ether oxygens (including phenoxy) is 1. The predicted molar refractivity (Wildman–Crippen MR) is 101 cm³/mol. The summed E-state index contributed by atoms with van der Waals surface area (Å²) in [5.41, 5.74) is 1.12. The van der Waals surface area contributed by atoms with Gasteiger partial charge in [-0.2, -0.15) is 0 Å². The molecular weight excluding hydrogens is 376 g/mol. The molecule has 2 aromatic carbocycles. The van der Waals surface area contributed by atoms with Crippen LogP contribution in [0.4, 0.5) is 0 Å². The summed E-state index contributed by atoms with van der Waals surface area (Å²) >= 11 is 5.87. The van der Waals surface area contributed by atoms with Gasteiger partial charge in [-0.05, 0) is 42.8 Å². The molecule has 0 aromatic heterocycles. The van der Waals surface area contributed by atoms with Crippen molar-refractivity contribution in [3.63, 3.8) is 0 Å². The highest BCUT2D eigenvalue weighted by Crippen LogP contribution is 2.27. The molecular formula is C18H21ClN2O4S. The van der Waals surface area contributed by atoms with Crippen LogP contribution in [-0.4, -0.2) is 39.8 Å². The maximum Gasteiger partial charge on any atom is 0.251 e. The number of amides is 1. The van der Waals surface area contributed by atoms with Gasteiger partial charge in [-0.15, -0.1) is 0 Å². The van der Waals surface area contributed by atoms with E-state index in [1.54, 1.807) is 12.1 Å². The van der Waals surface area contributed by atoms with Gasteiger partial charge in [-0.1, -0.05) is 23.7 Å². The molecule has 1 amide bonds. The van der Waals surface area contributed by atoms with Gasteiger partial charge in [0.2, 0.25) is 10.0 Å². The number of nitrogens with zero attached hydrogens (tertiary/aromatic N) is 1. The van der Waals surface area contributed by atoms with Crippen molar-refractivity contribution in [1.29, 1.82) is 0 Å². The molecule has 0 saturated heterocycles. The van der Waals surface area contributed by atoms with Crippen molar-refractivity contribution in [1.82, 2.24) is 9.62 Å². The molecule has 8 heteroatoms. The molecule has 0 unspecified atom stereocenters. The summed E-state index contributed by atoms with van der Waals surface area (Å²) in [5, 5.41) is 3.46. The number of methoxy groups -OCH3 is 1. The normalized spacial score (nSPS) is 12.7. The maximum absolute atomic E-state index is 12.6. The fourth-order valence-electron chi connectivity index (χ4n) is 2.33. The summed E-state index contributed by atoms with van der Waals surface area (Å²) in [6, 6.07) is 11.2. The number of carbonyl (C=O) groups is 1. The fourth-order valence-corrected chi connectivity index (χ4v) is 3.53. The average molecular weight is 397 g/mol. The highest BCUT2D eigenvalue weighted by atomic mass is 35.5. The Hall–Kier alpha value is -2.09. The van der Waals surface area contributed by atoms with Crippen molar-refractivity contribution < 1.29 is 17.9 Å². The predicted octanol–water partition coefficient (Wildman–Crippen LogP) is 3.09. The number of hydrogen-bond acceptors (Lipinski definition) is 4. The van der Waals surface area contributed by atoms with Gasteiger partial charge in [0.1, 0.15) is 10.6 Å². The number of nitrogens with one attached hydrogen (secondary N) is 1. The quantitative estimate of drug-likeness (QED) is 0.814. The van der Waals surface area contributed by atoms with Crippen LogP contribution >= 0.6 is 11.6 Å². The van der Waals surface area contributed by atoms with Gasteiger partial charge in [-0.3, -0.25) is 4.79 Å². The molecule has 0 saturated carbocycles. The molecule has 140 valence electrons. The van der Waals surface area contributed by atoms with Gasteiger partial charge >= 0.3 is 0 Å². The zero-order chi connectivity index (χ0) is 19.5. The summed E-state index contributed by atoms with van der Waals surface area (Å²) in [7, 11) is 0.475. The molecule has 0 heterocycles. The Labute approximate surface area is 158 Å². The van der Waals surface area contributed by atoms with Gasteiger partial charge in [-0.25, -0.2) is 12.7 Å². The summed E-state index contributed by atoms with van der Waals surface area (Å²) in [6.07, 6.45) is 0. The van der Waals surface area contributed by atoms with Crippen molar-refractivity contribution in [3.05, 3.63) is 58.6 Å². The van der Waals surface area contributed by atoms with Crippen LogP contribution in [0.1, 0.15) is 28.9 Å². The van der Waals surface area contributed by atoms with E-state index < -0.39 is 10.0 Å². The molecule has 0 spiro atoms. The highest BCUT2D eigenvalue weighted by Gasteiger charge is 2.24. The first kappa shape index (κ1) is 20.2. The molecule has 1 N–H and O–H groups in total. The van der Waals surface area contributed by atoms with Crippen LogP contribution < -0.4 is 10.1 Å². The van der Waals surface area contributed by atoms with E-state index in [4.69, 9.17) is 16.3 Å². The molecule has 0 fully saturated rings. The molecule has 26 heavy (non-hydrogen) atoms. The zero-order valence-electron chi connectivity index (χ0n) is 15.0. The first-order valence-corrected chi connectivity index (χ1v) is 9.65. The molecule has 6 nitrogen and oxygen atoms in total. The van der Waals surface area contributed by atoms with E-state index in [0.29, 0.717) is 5.02 Å². The van der Waals surface area contributed by atoms with Crippen molar-refractivity contribution >= 4 is 27.5 Å². The number of benzene rings is 2. The summed E-state index contributed by atoms with van der Waals surface area (Å²) in [5.74, 6) is -0.202. The topological polar surface area (TPSA) is 75.7 Å². The Morgan fingerprint density at radius 3 is 2.31 bits per heavy atom. The number of halogens is 1. The van der Waals surface area contributed by atoms with E-state index in [2.05, 4.69) is 5.32 Å². The second-order valence-electron chi connectivity index (χ2n) is 5.90. The highest BCUT2D eigenvalue weighted by molar-refractivity contribution is 7.89. The minimum Gasteiger partial charge on any atom is -0.495 e. The van der Waals surface area contributed by atoms with Crippen LogP contribution in [0.15, 0.2) is 47.4 Å². The largest absolute Gasteiger partial charge is 0.495 e. The van der Waals surface area contributed by atoms with Gasteiger partial charge in [0.05, 0.1) is 13.2 Å². The van der Waals surface area contributed by atoms with Crippen molar-refractivity contribution in [3.8, 4) is 5.75 Å². The Bertz CT molecular complexity index is 896. The third kappa shape index (κ3) is 4.35. The lowest BCUT2D eigenvalue weighted by atomic mass is 10.1. The van der Waals surface area contributed by atoms with Gasteiger partial charge in [0, 0.05) is 24.7 Å². The first-order chi connectivity index (χ1) is 12.2. The number of sulfonamides is 1. The number of hydrogen-bond donors (Lipinski definition) is 1. The third-order valence-corrected chi connectivity index (χ3v) is 5.99. The van der Waals surface area contributed by atoms with Gasteiger partial charge in [0.15, 0.2) is 0 Å². The summed E-state index contributed by atoms with van der Waals surface area (Å²) in [6.45, 7) is 1.84. The Balaban J connectivity index is 2.30. The second-order valence-corrected chi connectivity index (χ2v) is 8.46. The lowest BCUT2D eigenvalue weighted by Gasteiger charge is -2.17. The van der Waals surface area contributed by atoms with Crippen molar-refractivity contribution in [2.24, 2.45) is 0 Å². The SMILES string of the molecule is COc1ccc(C(=O)N[C@H](C)c2ccc(Cl)cc2)cc1S(=O)(=O)N(C)C. The minimum atomic E-state index is -3.75. The van der Waals surface area contributed by atoms with E-state index >= 15 is 0 Å². The maximum atomic E-state index is 12.6. The molecule has 2 aromatic rings. The van der Waals surface area contributed by atoms with Crippen LogP contribution in [0.5, 0.6) is 5.75 Å². The minimum absolute atomic E-state index is 0.0585. The van der Waals surface area contributed by atoms with Crippen LogP contribution in [0.3, 0.4) is 0 Å². The van der Waals surface area contributed by atoms with Crippen LogP contribution in [0.2, 0.25) is 5.02 Å². The lowest BCUT2D eigenvalue weighted by Crippen LogP contribution is -2.27. The van der Waals surface area contributed by atoms with E-state index in [-0.39, 0.29) is 28.2 Å². The smallest absolute Gasteiger partial charge is 0.251 e. The fraction of sp³-hybridized carbons (Fsp3) is 0.278. The van der Waals surface area contributed by atoms with Crippen LogP contribution in [0.25, 0.3) is 0 Å². The van der Waals surface area contributed by atoms with E-state index in [9.17, 15) is 13.2 Å². The average Bonchev–Trinajstić information content (AvgIpc) is 2.61. The Morgan fingerprint density at radius 2 is 1.77 bits per heavy atom. The number of carbonyl (C=O) groups excluding carboxylic acids is 1. The Kier molecular flexibility index (Phi) is 6.28. The first-order valence-electron chi connectivity index (χ1n) is 7.83. The summed E-state index contributed by atoms with van der Waals surface area (Å²) < 4.78 is 31.1.